The number of ether oxygens (including phenoxy) is 1. The maximum atomic E-state index is 12.0. The molecule has 2 rings (SSSR count). The molecule has 5 heteroatoms. The molecular formula is C13H19N3O2. The van der Waals surface area contributed by atoms with Gasteiger partial charge in [0.25, 0.3) is 0 Å². The number of aromatic nitrogens is 1. The summed E-state index contributed by atoms with van der Waals surface area (Å²) >= 11 is 0. The minimum Gasteiger partial charge on any atom is -0.443 e. The lowest BCUT2D eigenvalue weighted by Gasteiger charge is -2.33. The maximum Gasteiger partial charge on any atom is 0.339 e. The Kier molecular flexibility index (Phi) is 4.66. The van der Waals surface area contributed by atoms with Gasteiger partial charge in [0.2, 0.25) is 0 Å². The number of hydrogen-bond acceptors (Lipinski definition) is 5. The third kappa shape index (κ3) is 3.27. The standard InChI is InChI=1S/C13H19N3O2/c1-2-12(16-9-7-15-8-10-16)18-13(17)11-3-5-14-6-4-11/h3-6,12,15H,2,7-10H2,1H3. The SMILES string of the molecule is CCC(OC(=O)c1ccncc1)N1CCNCC1. The van der Waals surface area contributed by atoms with Gasteiger partial charge < -0.3 is 10.1 Å². The largest absolute Gasteiger partial charge is 0.443 e. The van der Waals surface area contributed by atoms with Crippen LogP contribution in [0.1, 0.15) is 23.7 Å². The van der Waals surface area contributed by atoms with E-state index in [-0.39, 0.29) is 12.2 Å². The number of hydrogen-bond donors (Lipinski definition) is 1. The van der Waals surface area contributed by atoms with Crippen LogP contribution in [0.4, 0.5) is 0 Å². The van der Waals surface area contributed by atoms with Gasteiger partial charge in [0, 0.05) is 38.6 Å². The predicted octanol–water partition coefficient (Wildman–Crippen LogP) is 0.880. The fourth-order valence-corrected chi connectivity index (χ4v) is 2.07. The topological polar surface area (TPSA) is 54.5 Å². The number of rotatable bonds is 4. The lowest BCUT2D eigenvalue weighted by atomic mass is 10.2. The van der Waals surface area contributed by atoms with Gasteiger partial charge in [-0.3, -0.25) is 9.88 Å². The van der Waals surface area contributed by atoms with Crippen LogP contribution >= 0.6 is 0 Å². The second-order valence-corrected chi connectivity index (χ2v) is 4.29. The summed E-state index contributed by atoms with van der Waals surface area (Å²) in [5.74, 6) is -0.275. The van der Waals surface area contributed by atoms with Crippen LogP contribution in [0.5, 0.6) is 0 Å². The van der Waals surface area contributed by atoms with Gasteiger partial charge in [0.1, 0.15) is 0 Å². The lowest BCUT2D eigenvalue weighted by Crippen LogP contribution is -2.49. The molecular weight excluding hydrogens is 230 g/mol. The fraction of sp³-hybridized carbons (Fsp3) is 0.538. The second-order valence-electron chi connectivity index (χ2n) is 4.29. The highest BCUT2D eigenvalue weighted by atomic mass is 16.6. The normalized spacial score (nSPS) is 18.3. The zero-order valence-corrected chi connectivity index (χ0v) is 10.6. The van der Waals surface area contributed by atoms with Crippen LogP contribution in [0.15, 0.2) is 24.5 Å². The Morgan fingerprint density at radius 3 is 2.72 bits per heavy atom. The molecule has 1 aliphatic rings. The van der Waals surface area contributed by atoms with Crippen LogP contribution in [0.2, 0.25) is 0 Å². The highest BCUT2D eigenvalue weighted by molar-refractivity contribution is 5.89. The Labute approximate surface area is 107 Å². The molecule has 1 aromatic heterocycles. The molecule has 1 aliphatic heterocycles. The van der Waals surface area contributed by atoms with Crippen molar-refractivity contribution in [3.8, 4) is 0 Å². The summed E-state index contributed by atoms with van der Waals surface area (Å²) in [6, 6.07) is 3.35. The Bertz CT molecular complexity index is 377. The van der Waals surface area contributed by atoms with Gasteiger partial charge in [0.15, 0.2) is 6.23 Å². The molecule has 98 valence electrons. The molecule has 0 saturated carbocycles. The van der Waals surface area contributed by atoms with E-state index in [1.807, 2.05) is 6.92 Å². The molecule has 1 atom stereocenters. The van der Waals surface area contributed by atoms with Crippen molar-refractivity contribution in [2.75, 3.05) is 26.2 Å². The van der Waals surface area contributed by atoms with Crippen LogP contribution in [-0.2, 0) is 4.74 Å². The first-order valence-electron chi connectivity index (χ1n) is 6.37. The first-order chi connectivity index (χ1) is 8.81. The van der Waals surface area contributed by atoms with Crippen LogP contribution in [0.3, 0.4) is 0 Å². The molecule has 0 amide bonds. The van der Waals surface area contributed by atoms with Gasteiger partial charge >= 0.3 is 5.97 Å². The first-order valence-corrected chi connectivity index (χ1v) is 6.37. The zero-order chi connectivity index (χ0) is 12.8. The molecule has 0 spiro atoms. The van der Waals surface area contributed by atoms with E-state index < -0.39 is 0 Å². The van der Waals surface area contributed by atoms with Crippen LogP contribution < -0.4 is 5.32 Å². The number of nitrogens with zero attached hydrogens (tertiary/aromatic N) is 2. The number of piperazine rings is 1. The van der Waals surface area contributed by atoms with Gasteiger partial charge in [-0.2, -0.15) is 0 Å². The van der Waals surface area contributed by atoms with Crippen molar-refractivity contribution in [1.29, 1.82) is 0 Å². The molecule has 5 nitrogen and oxygen atoms in total. The summed E-state index contributed by atoms with van der Waals surface area (Å²) in [5, 5.41) is 3.29. The molecule has 18 heavy (non-hydrogen) atoms. The summed E-state index contributed by atoms with van der Waals surface area (Å²) in [7, 11) is 0. The minimum atomic E-state index is -0.275. The van der Waals surface area contributed by atoms with Crippen LogP contribution in [0, 0.1) is 0 Å². The highest BCUT2D eigenvalue weighted by Crippen LogP contribution is 2.10. The molecule has 2 heterocycles. The van der Waals surface area contributed by atoms with E-state index in [0.717, 1.165) is 32.6 Å². The van der Waals surface area contributed by atoms with Crippen molar-refractivity contribution in [2.24, 2.45) is 0 Å². The summed E-state index contributed by atoms with van der Waals surface area (Å²) in [4.78, 5) is 18.1. The summed E-state index contributed by atoms with van der Waals surface area (Å²) < 4.78 is 5.56. The number of esters is 1. The van der Waals surface area contributed by atoms with E-state index in [1.165, 1.54) is 0 Å². The highest BCUT2D eigenvalue weighted by Gasteiger charge is 2.22. The molecule has 0 radical (unpaired) electrons. The van der Waals surface area contributed by atoms with Crippen molar-refractivity contribution in [3.05, 3.63) is 30.1 Å². The molecule has 1 fully saturated rings. The van der Waals surface area contributed by atoms with Crippen LogP contribution in [-0.4, -0.2) is 48.3 Å². The average molecular weight is 249 g/mol. The van der Waals surface area contributed by atoms with Gasteiger partial charge in [-0.05, 0) is 18.6 Å². The van der Waals surface area contributed by atoms with E-state index >= 15 is 0 Å². The molecule has 0 bridgehead atoms. The summed E-state index contributed by atoms with van der Waals surface area (Å²) in [5.41, 5.74) is 0.554. The van der Waals surface area contributed by atoms with Crippen molar-refractivity contribution >= 4 is 5.97 Å². The van der Waals surface area contributed by atoms with Gasteiger partial charge in [-0.15, -0.1) is 0 Å². The average Bonchev–Trinajstić information content (AvgIpc) is 2.46. The van der Waals surface area contributed by atoms with Gasteiger partial charge in [0.05, 0.1) is 5.56 Å². The quantitative estimate of drug-likeness (QED) is 0.803. The van der Waals surface area contributed by atoms with E-state index in [4.69, 9.17) is 4.74 Å². The van der Waals surface area contributed by atoms with E-state index in [2.05, 4.69) is 15.2 Å². The Balaban J connectivity index is 1.95. The first kappa shape index (κ1) is 13.0. The summed E-state index contributed by atoms with van der Waals surface area (Å²) in [6.07, 6.45) is 3.87. The lowest BCUT2D eigenvalue weighted by molar-refractivity contribution is -0.0384. The van der Waals surface area contributed by atoms with Crippen LogP contribution in [0.25, 0.3) is 0 Å². The second kappa shape index (κ2) is 6.47. The predicted molar refractivity (Wildman–Crippen MR) is 68.2 cm³/mol. The molecule has 1 unspecified atom stereocenters. The Morgan fingerprint density at radius 1 is 1.44 bits per heavy atom. The molecule has 1 aromatic rings. The minimum absolute atomic E-state index is 0.132. The smallest absolute Gasteiger partial charge is 0.339 e. The van der Waals surface area contributed by atoms with Gasteiger partial charge in [-0.25, -0.2) is 4.79 Å². The van der Waals surface area contributed by atoms with Gasteiger partial charge in [-0.1, -0.05) is 6.92 Å². The molecule has 0 aliphatic carbocycles. The van der Waals surface area contributed by atoms with E-state index in [9.17, 15) is 4.79 Å². The monoisotopic (exact) mass is 249 g/mol. The maximum absolute atomic E-state index is 12.0. The number of carbonyl (C=O) groups excluding carboxylic acids is 1. The van der Waals surface area contributed by atoms with Crippen molar-refractivity contribution in [3.63, 3.8) is 0 Å². The molecule has 0 aromatic carbocycles. The van der Waals surface area contributed by atoms with Crippen molar-refractivity contribution in [1.82, 2.24) is 15.2 Å². The third-order valence-corrected chi connectivity index (χ3v) is 3.07. The van der Waals surface area contributed by atoms with Crippen molar-refractivity contribution < 1.29 is 9.53 Å². The number of carbonyl (C=O) groups is 1. The Hall–Kier alpha value is -1.46. The zero-order valence-electron chi connectivity index (χ0n) is 10.6. The Morgan fingerprint density at radius 2 is 2.11 bits per heavy atom. The number of pyridine rings is 1. The fourth-order valence-electron chi connectivity index (χ4n) is 2.07. The third-order valence-electron chi connectivity index (χ3n) is 3.07. The molecule has 1 N–H and O–H groups in total. The summed E-state index contributed by atoms with van der Waals surface area (Å²) in [6.45, 7) is 5.77. The van der Waals surface area contributed by atoms with E-state index in [1.54, 1.807) is 24.5 Å². The molecule has 1 saturated heterocycles. The van der Waals surface area contributed by atoms with E-state index in [0.29, 0.717) is 5.56 Å². The number of nitrogens with one attached hydrogen (secondary N) is 1. The van der Waals surface area contributed by atoms with Crippen molar-refractivity contribution in [2.45, 2.75) is 19.6 Å².